The third-order valence-corrected chi connectivity index (χ3v) is 6.60. The average molecular weight is 445 g/mol. The van der Waals surface area contributed by atoms with Crippen molar-refractivity contribution < 1.29 is 4.74 Å². The summed E-state index contributed by atoms with van der Waals surface area (Å²) in [5.41, 5.74) is 1.32. The second kappa shape index (κ2) is 13.7. The van der Waals surface area contributed by atoms with E-state index >= 15 is 0 Å². The van der Waals surface area contributed by atoms with E-state index in [2.05, 4.69) is 63.6 Å². The van der Waals surface area contributed by atoms with Crippen molar-refractivity contribution in [3.63, 3.8) is 0 Å². The van der Waals surface area contributed by atoms with Gasteiger partial charge >= 0.3 is 0 Å². The first-order valence-corrected chi connectivity index (χ1v) is 12.5. The molecule has 2 N–H and O–H groups in total. The zero-order valence-corrected chi connectivity index (χ0v) is 20.5. The lowest BCUT2D eigenvalue weighted by atomic mass is 10.1. The van der Waals surface area contributed by atoms with E-state index < -0.39 is 0 Å². The number of nitrogens with one attached hydrogen (secondary N) is 2. The second-order valence-corrected chi connectivity index (χ2v) is 9.03. The molecule has 1 aromatic rings. The van der Waals surface area contributed by atoms with Crippen molar-refractivity contribution in [1.82, 2.24) is 25.3 Å². The third kappa shape index (κ3) is 7.94. The highest BCUT2D eigenvalue weighted by molar-refractivity contribution is 5.79. The molecule has 2 aliphatic rings. The first kappa shape index (κ1) is 24.8. The number of guanidine groups is 1. The highest BCUT2D eigenvalue weighted by Gasteiger charge is 2.23. The van der Waals surface area contributed by atoms with Gasteiger partial charge in [0.15, 0.2) is 5.96 Å². The van der Waals surface area contributed by atoms with Crippen molar-refractivity contribution in [1.29, 1.82) is 0 Å². The predicted octanol–water partition coefficient (Wildman–Crippen LogP) is 2.41. The molecule has 1 unspecified atom stereocenters. The van der Waals surface area contributed by atoms with Gasteiger partial charge in [-0.05, 0) is 90.1 Å². The van der Waals surface area contributed by atoms with Crippen LogP contribution in [0.2, 0.25) is 0 Å². The lowest BCUT2D eigenvalue weighted by Crippen LogP contribution is -2.40. The summed E-state index contributed by atoms with van der Waals surface area (Å²) in [5.74, 6) is 1.84. The van der Waals surface area contributed by atoms with Crippen LogP contribution in [-0.2, 0) is 0 Å². The molecule has 7 nitrogen and oxygen atoms in total. The second-order valence-electron chi connectivity index (χ2n) is 9.03. The minimum atomic E-state index is 0.313. The maximum atomic E-state index is 5.35. The van der Waals surface area contributed by atoms with Gasteiger partial charge in [-0.3, -0.25) is 9.89 Å². The molecule has 7 heteroatoms. The number of methoxy groups -OCH3 is 1. The van der Waals surface area contributed by atoms with Crippen molar-refractivity contribution in [2.45, 2.75) is 38.6 Å². The van der Waals surface area contributed by atoms with Gasteiger partial charge in [0.25, 0.3) is 0 Å². The highest BCUT2D eigenvalue weighted by Crippen LogP contribution is 2.27. The molecule has 0 saturated carbocycles. The summed E-state index contributed by atoms with van der Waals surface area (Å²) in [7, 11) is 3.95. The summed E-state index contributed by atoms with van der Waals surface area (Å²) in [6.45, 7) is 13.0. The van der Waals surface area contributed by atoms with E-state index in [1.54, 1.807) is 7.11 Å². The fourth-order valence-electron chi connectivity index (χ4n) is 4.66. The molecule has 2 heterocycles. The van der Waals surface area contributed by atoms with Gasteiger partial charge < -0.3 is 25.2 Å². The summed E-state index contributed by atoms with van der Waals surface area (Å²) < 4.78 is 5.35. The monoisotopic (exact) mass is 444 g/mol. The number of rotatable bonds is 10. The summed E-state index contributed by atoms with van der Waals surface area (Å²) in [6, 6.07) is 8.82. The number of nitrogens with zero attached hydrogens (tertiary/aromatic N) is 4. The van der Waals surface area contributed by atoms with E-state index in [0.717, 1.165) is 57.4 Å². The standard InChI is InChI=1S/C25H44N6O/c1-4-26-25(27-13-7-15-30-16-8-14-29(2)19-20-30)28-21-24(31-17-5-6-18-31)22-9-11-23(32-3)12-10-22/h9-12,24H,4-8,13-21H2,1-3H3,(H2,26,27,28). The molecule has 2 fully saturated rings. The van der Waals surface area contributed by atoms with Gasteiger partial charge in [0.05, 0.1) is 19.7 Å². The van der Waals surface area contributed by atoms with Crippen LogP contribution in [0.3, 0.4) is 0 Å². The molecule has 1 atom stereocenters. The summed E-state index contributed by atoms with van der Waals surface area (Å²) >= 11 is 0. The van der Waals surface area contributed by atoms with Crippen LogP contribution in [0.4, 0.5) is 0 Å². The summed E-state index contributed by atoms with van der Waals surface area (Å²) in [5, 5.41) is 7.00. The molecule has 0 spiro atoms. The van der Waals surface area contributed by atoms with Crippen LogP contribution in [-0.4, -0.2) is 100 Å². The third-order valence-electron chi connectivity index (χ3n) is 6.60. The van der Waals surface area contributed by atoms with E-state index in [1.807, 2.05) is 0 Å². The smallest absolute Gasteiger partial charge is 0.191 e. The van der Waals surface area contributed by atoms with Crippen molar-refractivity contribution >= 4 is 5.96 Å². The van der Waals surface area contributed by atoms with Gasteiger partial charge in [-0.25, -0.2) is 0 Å². The highest BCUT2D eigenvalue weighted by atomic mass is 16.5. The van der Waals surface area contributed by atoms with Gasteiger partial charge in [-0.15, -0.1) is 0 Å². The van der Waals surface area contributed by atoms with E-state index in [4.69, 9.17) is 9.73 Å². The molecule has 0 aromatic heterocycles. The number of hydrogen-bond acceptors (Lipinski definition) is 5. The van der Waals surface area contributed by atoms with Gasteiger partial charge in [0.1, 0.15) is 5.75 Å². The number of ether oxygens (including phenoxy) is 1. The first-order valence-electron chi connectivity index (χ1n) is 12.5. The molecule has 0 radical (unpaired) electrons. The predicted molar refractivity (Wildman–Crippen MR) is 134 cm³/mol. The minimum absolute atomic E-state index is 0.313. The first-order chi connectivity index (χ1) is 15.7. The quantitative estimate of drug-likeness (QED) is 0.328. The van der Waals surface area contributed by atoms with Crippen LogP contribution in [0.5, 0.6) is 5.75 Å². The Morgan fingerprint density at radius 2 is 1.78 bits per heavy atom. The topological polar surface area (TPSA) is 55.4 Å². The molecule has 2 aliphatic heterocycles. The Balaban J connectivity index is 1.53. The zero-order valence-electron chi connectivity index (χ0n) is 20.5. The molecule has 32 heavy (non-hydrogen) atoms. The van der Waals surface area contributed by atoms with Crippen molar-refractivity contribution in [2.75, 3.05) is 79.6 Å². The average Bonchev–Trinajstić information content (AvgIpc) is 3.26. The van der Waals surface area contributed by atoms with Crippen LogP contribution in [0.25, 0.3) is 0 Å². The number of hydrogen-bond donors (Lipinski definition) is 2. The van der Waals surface area contributed by atoms with Crippen molar-refractivity contribution in [2.24, 2.45) is 4.99 Å². The Morgan fingerprint density at radius 3 is 2.50 bits per heavy atom. The summed E-state index contributed by atoms with van der Waals surface area (Å²) in [6.07, 6.45) is 4.97. The van der Waals surface area contributed by atoms with Gasteiger partial charge in [-0.1, -0.05) is 12.1 Å². The lowest BCUT2D eigenvalue weighted by Gasteiger charge is -2.27. The fraction of sp³-hybridized carbons (Fsp3) is 0.720. The SMILES string of the molecule is CCNC(=NCC(c1ccc(OC)cc1)N1CCCC1)NCCCN1CCCN(C)CC1. The molecule has 0 amide bonds. The molecule has 0 bridgehead atoms. The van der Waals surface area contributed by atoms with E-state index in [9.17, 15) is 0 Å². The zero-order chi connectivity index (χ0) is 22.6. The van der Waals surface area contributed by atoms with Crippen LogP contribution >= 0.6 is 0 Å². The number of likely N-dealkylation sites (N-methyl/N-ethyl adjacent to an activating group) is 1. The molecule has 180 valence electrons. The molecule has 2 saturated heterocycles. The Morgan fingerprint density at radius 1 is 1.00 bits per heavy atom. The van der Waals surface area contributed by atoms with E-state index in [0.29, 0.717) is 6.04 Å². The number of benzene rings is 1. The van der Waals surface area contributed by atoms with E-state index in [-0.39, 0.29) is 0 Å². The molecular formula is C25H44N6O. The summed E-state index contributed by atoms with van der Waals surface area (Å²) in [4.78, 5) is 12.6. The Labute approximate surface area is 195 Å². The van der Waals surface area contributed by atoms with Crippen LogP contribution < -0.4 is 15.4 Å². The largest absolute Gasteiger partial charge is 0.497 e. The van der Waals surface area contributed by atoms with Crippen LogP contribution in [0.1, 0.15) is 44.2 Å². The van der Waals surface area contributed by atoms with Gasteiger partial charge in [0, 0.05) is 26.2 Å². The lowest BCUT2D eigenvalue weighted by molar-refractivity contribution is 0.251. The van der Waals surface area contributed by atoms with Crippen LogP contribution in [0.15, 0.2) is 29.3 Å². The number of likely N-dealkylation sites (tertiary alicyclic amines) is 1. The molecule has 1 aromatic carbocycles. The van der Waals surface area contributed by atoms with Gasteiger partial charge in [0.2, 0.25) is 0 Å². The molecular weight excluding hydrogens is 400 g/mol. The maximum Gasteiger partial charge on any atom is 0.191 e. The van der Waals surface area contributed by atoms with E-state index in [1.165, 1.54) is 51.0 Å². The Bertz CT molecular complexity index is 674. The maximum absolute atomic E-state index is 5.35. The fourth-order valence-corrected chi connectivity index (χ4v) is 4.66. The Hall–Kier alpha value is -1.83. The minimum Gasteiger partial charge on any atom is -0.497 e. The molecule has 0 aliphatic carbocycles. The van der Waals surface area contributed by atoms with Crippen molar-refractivity contribution in [3.05, 3.63) is 29.8 Å². The van der Waals surface area contributed by atoms with Crippen molar-refractivity contribution in [3.8, 4) is 5.75 Å². The normalized spacial score (nSPS) is 20.2. The molecule has 3 rings (SSSR count). The number of aliphatic imine (C=N–C) groups is 1. The van der Waals surface area contributed by atoms with Crippen LogP contribution in [0, 0.1) is 0 Å². The van der Waals surface area contributed by atoms with Gasteiger partial charge in [-0.2, -0.15) is 0 Å². The Kier molecular flexibility index (Phi) is 10.6.